The van der Waals surface area contributed by atoms with E-state index in [2.05, 4.69) is 44.0 Å². The van der Waals surface area contributed by atoms with Crippen LogP contribution < -0.4 is 19.5 Å². The molecule has 0 radical (unpaired) electrons. The smallest absolute Gasteiger partial charge is 0.163 e. The van der Waals surface area contributed by atoms with Crippen molar-refractivity contribution in [3.05, 3.63) is 66.5 Å². The van der Waals surface area contributed by atoms with Crippen molar-refractivity contribution in [1.29, 1.82) is 0 Å². The van der Waals surface area contributed by atoms with Crippen molar-refractivity contribution in [3.63, 3.8) is 0 Å². The van der Waals surface area contributed by atoms with Crippen LogP contribution in [0.25, 0.3) is 11.1 Å². The quantitative estimate of drug-likeness (QED) is 0.516. The van der Waals surface area contributed by atoms with E-state index in [4.69, 9.17) is 14.2 Å². The summed E-state index contributed by atoms with van der Waals surface area (Å²) in [5, 5.41) is 1.27. The van der Waals surface area contributed by atoms with Gasteiger partial charge in [-0.05, 0) is 43.4 Å². The van der Waals surface area contributed by atoms with Gasteiger partial charge in [-0.3, -0.25) is 4.98 Å². The highest BCUT2D eigenvalue weighted by molar-refractivity contribution is 7.68. The van der Waals surface area contributed by atoms with E-state index < -0.39 is 7.92 Å². The minimum atomic E-state index is -0.717. The summed E-state index contributed by atoms with van der Waals surface area (Å²) in [5.41, 5.74) is 3.05. The van der Waals surface area contributed by atoms with Crippen LogP contribution in [0.1, 0.15) is 32.3 Å². The normalized spacial score (nSPS) is 18.1. The van der Waals surface area contributed by atoms with Crippen LogP contribution >= 0.6 is 7.92 Å². The van der Waals surface area contributed by atoms with Gasteiger partial charge in [0.25, 0.3) is 0 Å². The van der Waals surface area contributed by atoms with E-state index in [1.807, 2.05) is 42.6 Å². The maximum Gasteiger partial charge on any atom is 0.163 e. The first-order valence-electron chi connectivity index (χ1n) is 9.67. The number of benzene rings is 2. The molecule has 2 heterocycles. The Morgan fingerprint density at radius 2 is 1.59 bits per heavy atom. The van der Waals surface area contributed by atoms with Gasteiger partial charge in [0.05, 0.1) is 25.5 Å². The lowest BCUT2D eigenvalue weighted by atomic mass is 10.0. The van der Waals surface area contributed by atoms with Gasteiger partial charge < -0.3 is 14.2 Å². The molecule has 1 aliphatic rings. The molecule has 0 spiro atoms. The van der Waals surface area contributed by atoms with E-state index in [1.54, 1.807) is 14.2 Å². The number of hydrogen-bond acceptors (Lipinski definition) is 4. The molecule has 0 amide bonds. The molecule has 0 fully saturated rings. The molecule has 4 rings (SSSR count). The lowest BCUT2D eigenvalue weighted by Crippen LogP contribution is -2.21. The van der Waals surface area contributed by atoms with Crippen LogP contribution in [0.4, 0.5) is 0 Å². The average Bonchev–Trinajstić information content (AvgIpc) is 3.14. The molecule has 0 saturated carbocycles. The van der Waals surface area contributed by atoms with Crippen LogP contribution in [0.2, 0.25) is 0 Å². The van der Waals surface area contributed by atoms with Gasteiger partial charge in [0.2, 0.25) is 0 Å². The van der Waals surface area contributed by atoms with Gasteiger partial charge in [-0.15, -0.1) is 0 Å². The first-order valence-corrected chi connectivity index (χ1v) is 11.1. The Hall–Kier alpha value is -2.58. The van der Waals surface area contributed by atoms with Crippen LogP contribution in [0.15, 0.2) is 60.8 Å². The summed E-state index contributed by atoms with van der Waals surface area (Å²) in [4.78, 5) is 4.62. The number of methoxy groups -OCH3 is 2. The maximum absolute atomic E-state index is 6.53. The zero-order valence-electron chi connectivity index (χ0n) is 17.5. The summed E-state index contributed by atoms with van der Waals surface area (Å²) in [6, 6.07) is 18.2. The molecule has 5 heteroatoms. The van der Waals surface area contributed by atoms with Gasteiger partial charge in [0.15, 0.2) is 5.85 Å². The van der Waals surface area contributed by atoms with Crippen molar-refractivity contribution in [3.8, 4) is 28.4 Å². The monoisotopic (exact) mass is 407 g/mol. The van der Waals surface area contributed by atoms with Crippen molar-refractivity contribution in [2.24, 2.45) is 0 Å². The molecule has 4 nitrogen and oxygen atoms in total. The second kappa shape index (κ2) is 7.68. The number of ether oxygens (including phenoxy) is 3. The summed E-state index contributed by atoms with van der Waals surface area (Å²) in [7, 11) is 2.67. The molecule has 0 saturated heterocycles. The third-order valence-electron chi connectivity index (χ3n) is 5.07. The van der Waals surface area contributed by atoms with Crippen LogP contribution in [-0.4, -0.2) is 24.4 Å². The first-order chi connectivity index (χ1) is 14.0. The lowest BCUT2D eigenvalue weighted by molar-refractivity contribution is 0.295. The highest BCUT2D eigenvalue weighted by atomic mass is 31.1. The van der Waals surface area contributed by atoms with E-state index in [9.17, 15) is 0 Å². The zero-order chi connectivity index (χ0) is 20.6. The maximum atomic E-state index is 6.53. The van der Waals surface area contributed by atoms with Crippen LogP contribution in [0.5, 0.6) is 17.2 Å². The number of fused-ring (bicyclic) bond motifs is 1. The summed E-state index contributed by atoms with van der Waals surface area (Å²) in [6.07, 6.45) is 1.84. The van der Waals surface area contributed by atoms with Gasteiger partial charge >= 0.3 is 0 Å². The van der Waals surface area contributed by atoms with Crippen LogP contribution in [0, 0.1) is 0 Å². The molecule has 1 aliphatic heterocycles. The zero-order valence-corrected chi connectivity index (χ0v) is 18.4. The fourth-order valence-electron chi connectivity index (χ4n) is 3.88. The number of rotatable bonds is 4. The molecule has 1 aromatic heterocycles. The van der Waals surface area contributed by atoms with E-state index in [1.165, 1.54) is 5.30 Å². The molecule has 29 heavy (non-hydrogen) atoms. The van der Waals surface area contributed by atoms with Gasteiger partial charge in [-0.2, -0.15) is 0 Å². The molecule has 2 aromatic carbocycles. The van der Waals surface area contributed by atoms with Crippen molar-refractivity contribution in [2.75, 3.05) is 14.2 Å². The van der Waals surface area contributed by atoms with Crippen LogP contribution in [0.3, 0.4) is 0 Å². The molecular formula is C24H26NO3P. The number of nitrogens with zero attached hydrogens (tertiary/aromatic N) is 1. The first kappa shape index (κ1) is 19.7. The summed E-state index contributed by atoms with van der Waals surface area (Å²) < 4.78 is 17.9. The second-order valence-corrected chi connectivity index (χ2v) is 11.0. The highest BCUT2D eigenvalue weighted by Crippen LogP contribution is 2.66. The third kappa shape index (κ3) is 3.47. The molecule has 2 atom stereocenters. The third-order valence-corrected chi connectivity index (χ3v) is 8.30. The summed E-state index contributed by atoms with van der Waals surface area (Å²) >= 11 is 0. The van der Waals surface area contributed by atoms with Gasteiger partial charge in [-0.25, -0.2) is 0 Å². The standard InChI is InChI=1S/C24H26NO3P/c1-24(2,3)29-22-16(21-18(26-4)12-9-13-19(21)27-5)10-8-14-20(22)28-23(29)17-11-6-7-15-25-17/h6-15,23H,1-5H3. The number of pyridine rings is 1. The fourth-order valence-corrected chi connectivity index (χ4v) is 6.93. The van der Waals surface area contributed by atoms with E-state index in [-0.39, 0.29) is 11.0 Å². The van der Waals surface area contributed by atoms with Gasteiger partial charge in [-0.1, -0.05) is 45.0 Å². The fraction of sp³-hybridized carbons (Fsp3) is 0.292. The van der Waals surface area contributed by atoms with Crippen molar-refractivity contribution in [1.82, 2.24) is 4.98 Å². The van der Waals surface area contributed by atoms with E-state index >= 15 is 0 Å². The second-order valence-electron chi connectivity index (χ2n) is 7.96. The van der Waals surface area contributed by atoms with Crippen molar-refractivity contribution < 1.29 is 14.2 Å². The number of aromatic nitrogens is 1. The molecule has 0 bridgehead atoms. The van der Waals surface area contributed by atoms with E-state index in [0.29, 0.717) is 0 Å². The topological polar surface area (TPSA) is 40.6 Å². The average molecular weight is 407 g/mol. The van der Waals surface area contributed by atoms with E-state index in [0.717, 1.165) is 34.1 Å². The summed E-state index contributed by atoms with van der Waals surface area (Å²) in [6.45, 7) is 6.84. The minimum absolute atomic E-state index is 0.0219. The predicted octanol–water partition coefficient (Wildman–Crippen LogP) is 5.76. The van der Waals surface area contributed by atoms with Crippen molar-refractivity contribution in [2.45, 2.75) is 31.8 Å². The Labute approximate surface area is 173 Å². The Kier molecular flexibility index (Phi) is 5.23. The molecule has 0 N–H and O–H groups in total. The SMILES string of the molecule is COc1cccc(OC)c1-c1cccc2c1P(C(C)(C)C)C(c1ccccn1)O2. The predicted molar refractivity (Wildman–Crippen MR) is 119 cm³/mol. The molecule has 150 valence electrons. The van der Waals surface area contributed by atoms with Crippen LogP contribution in [-0.2, 0) is 0 Å². The molecule has 3 aromatic rings. The van der Waals surface area contributed by atoms with Gasteiger partial charge in [0, 0.05) is 17.1 Å². The Morgan fingerprint density at radius 1 is 0.897 bits per heavy atom. The lowest BCUT2D eigenvalue weighted by Gasteiger charge is -2.32. The Balaban J connectivity index is 1.96. The highest BCUT2D eigenvalue weighted by Gasteiger charge is 2.45. The summed E-state index contributed by atoms with van der Waals surface area (Å²) in [5.74, 6) is 2.43. The largest absolute Gasteiger partial charge is 0.496 e. The Bertz CT molecular complexity index is 992. The van der Waals surface area contributed by atoms with Crippen molar-refractivity contribution >= 4 is 13.2 Å². The minimum Gasteiger partial charge on any atom is -0.496 e. The van der Waals surface area contributed by atoms with Gasteiger partial charge in [0.1, 0.15) is 17.2 Å². The molecular weight excluding hydrogens is 381 g/mol. The molecule has 2 unspecified atom stereocenters. The number of hydrogen-bond donors (Lipinski definition) is 0. The molecule has 0 aliphatic carbocycles. The Morgan fingerprint density at radius 3 is 2.17 bits per heavy atom.